The molecule has 4 nitrogen and oxygen atoms in total. The highest BCUT2D eigenvalue weighted by molar-refractivity contribution is 5.82. The molecule has 1 heterocycles. The Hall–Kier alpha value is -2.80. The number of carbonyl (C=O) groups is 1. The van der Waals surface area contributed by atoms with Crippen LogP contribution in [0.2, 0.25) is 0 Å². The van der Waals surface area contributed by atoms with E-state index in [-0.39, 0.29) is 0 Å². The zero-order valence-corrected chi connectivity index (χ0v) is 11.4. The van der Waals surface area contributed by atoms with Crippen LogP contribution in [-0.4, -0.2) is 17.6 Å². The van der Waals surface area contributed by atoms with Gasteiger partial charge in [-0.15, -0.1) is 0 Å². The fraction of sp³-hybridized carbons (Fsp3) is 0.176. The van der Waals surface area contributed by atoms with Crippen LogP contribution in [0.1, 0.15) is 22.6 Å². The second-order valence-electron chi connectivity index (χ2n) is 5.14. The van der Waals surface area contributed by atoms with Gasteiger partial charge in [0.05, 0.1) is 11.6 Å². The van der Waals surface area contributed by atoms with E-state index < -0.39 is 11.9 Å². The number of aliphatic carboxylic acids is 1. The Bertz CT molecular complexity index is 734. The molecule has 2 aromatic carbocycles. The third-order valence-corrected chi connectivity index (χ3v) is 3.78. The summed E-state index contributed by atoms with van der Waals surface area (Å²) in [6.07, 6.45) is 0. The maximum Gasteiger partial charge on any atom is 0.312 e. The summed E-state index contributed by atoms with van der Waals surface area (Å²) >= 11 is 0. The molecule has 4 heteroatoms. The molecule has 0 aliphatic carbocycles. The standard InChI is InChI=1S/C17H14N2O2/c18-9-12-4-3-5-13(8-12)10-19-11-15(17(20)21)14-6-1-2-7-16(14)19/h1-8,15H,10-11H2,(H,20,21). The molecule has 0 amide bonds. The molecule has 3 rings (SSSR count). The number of benzene rings is 2. The lowest BCUT2D eigenvalue weighted by Crippen LogP contribution is -2.24. The Kier molecular flexibility index (Phi) is 3.33. The maximum absolute atomic E-state index is 11.4. The monoisotopic (exact) mass is 278 g/mol. The lowest BCUT2D eigenvalue weighted by molar-refractivity contribution is -0.138. The number of nitriles is 1. The first-order valence-corrected chi connectivity index (χ1v) is 6.75. The molecule has 0 saturated carbocycles. The summed E-state index contributed by atoms with van der Waals surface area (Å²) in [4.78, 5) is 13.5. The zero-order chi connectivity index (χ0) is 14.8. The smallest absolute Gasteiger partial charge is 0.312 e. The van der Waals surface area contributed by atoms with Crippen LogP contribution >= 0.6 is 0 Å². The van der Waals surface area contributed by atoms with Crippen molar-refractivity contribution in [3.63, 3.8) is 0 Å². The van der Waals surface area contributed by atoms with Crippen molar-refractivity contribution in [1.29, 1.82) is 5.26 Å². The highest BCUT2D eigenvalue weighted by Gasteiger charge is 2.33. The SMILES string of the molecule is N#Cc1cccc(CN2CC(C(=O)O)c3ccccc32)c1. The minimum atomic E-state index is -0.796. The quantitative estimate of drug-likeness (QED) is 0.937. The number of para-hydroxylation sites is 1. The number of fused-ring (bicyclic) bond motifs is 1. The van der Waals surface area contributed by atoms with E-state index >= 15 is 0 Å². The number of hydrogen-bond donors (Lipinski definition) is 1. The Morgan fingerprint density at radius 3 is 2.86 bits per heavy atom. The largest absolute Gasteiger partial charge is 0.481 e. The average molecular weight is 278 g/mol. The van der Waals surface area contributed by atoms with E-state index in [9.17, 15) is 9.90 Å². The Balaban J connectivity index is 1.90. The molecule has 1 unspecified atom stereocenters. The molecule has 0 fully saturated rings. The molecular weight excluding hydrogens is 264 g/mol. The first-order chi connectivity index (χ1) is 10.2. The van der Waals surface area contributed by atoms with Crippen LogP contribution in [0, 0.1) is 11.3 Å². The van der Waals surface area contributed by atoms with Crippen molar-refractivity contribution in [2.75, 3.05) is 11.4 Å². The second-order valence-corrected chi connectivity index (χ2v) is 5.14. The van der Waals surface area contributed by atoms with Gasteiger partial charge in [0.2, 0.25) is 0 Å². The lowest BCUT2D eigenvalue weighted by Gasteiger charge is -2.19. The number of carboxylic acids is 1. The molecule has 1 atom stereocenters. The van der Waals surface area contributed by atoms with E-state index in [0.29, 0.717) is 18.7 Å². The van der Waals surface area contributed by atoms with Crippen molar-refractivity contribution in [3.05, 3.63) is 65.2 Å². The Labute approximate surface area is 122 Å². The molecule has 0 spiro atoms. The highest BCUT2D eigenvalue weighted by atomic mass is 16.4. The molecule has 21 heavy (non-hydrogen) atoms. The van der Waals surface area contributed by atoms with Crippen molar-refractivity contribution < 1.29 is 9.90 Å². The number of nitrogens with zero attached hydrogens (tertiary/aromatic N) is 2. The molecule has 1 aliphatic rings. The fourth-order valence-corrected chi connectivity index (χ4v) is 2.81. The third-order valence-electron chi connectivity index (χ3n) is 3.78. The van der Waals surface area contributed by atoms with Gasteiger partial charge in [-0.2, -0.15) is 5.26 Å². The van der Waals surface area contributed by atoms with Crippen LogP contribution in [0.3, 0.4) is 0 Å². The zero-order valence-electron chi connectivity index (χ0n) is 11.4. The van der Waals surface area contributed by atoms with E-state index in [2.05, 4.69) is 11.0 Å². The summed E-state index contributed by atoms with van der Waals surface area (Å²) in [6, 6.07) is 17.2. The van der Waals surface area contributed by atoms with E-state index in [4.69, 9.17) is 5.26 Å². The third kappa shape index (κ3) is 2.46. The van der Waals surface area contributed by atoms with E-state index in [0.717, 1.165) is 16.8 Å². The van der Waals surface area contributed by atoms with E-state index in [1.54, 1.807) is 6.07 Å². The molecule has 0 aromatic heterocycles. The van der Waals surface area contributed by atoms with Crippen molar-refractivity contribution in [2.45, 2.75) is 12.5 Å². The van der Waals surface area contributed by atoms with Crippen LogP contribution in [0.25, 0.3) is 0 Å². The van der Waals surface area contributed by atoms with Gasteiger partial charge >= 0.3 is 5.97 Å². The van der Waals surface area contributed by atoms with Crippen LogP contribution in [0.4, 0.5) is 5.69 Å². The molecule has 1 N–H and O–H groups in total. The Morgan fingerprint density at radius 1 is 1.29 bits per heavy atom. The van der Waals surface area contributed by atoms with Gasteiger partial charge in [0.1, 0.15) is 5.92 Å². The lowest BCUT2D eigenvalue weighted by atomic mass is 10.0. The summed E-state index contributed by atoms with van der Waals surface area (Å²) in [7, 11) is 0. The van der Waals surface area contributed by atoms with Crippen molar-refractivity contribution in [1.82, 2.24) is 0 Å². The minimum absolute atomic E-state index is 0.464. The molecule has 2 aromatic rings. The van der Waals surface area contributed by atoms with Crippen molar-refractivity contribution in [2.24, 2.45) is 0 Å². The topological polar surface area (TPSA) is 64.3 Å². The van der Waals surface area contributed by atoms with Gasteiger partial charge in [-0.25, -0.2) is 0 Å². The normalized spacial score (nSPS) is 16.3. The van der Waals surface area contributed by atoms with E-state index in [1.807, 2.05) is 42.5 Å². The number of anilines is 1. The van der Waals surface area contributed by atoms with Crippen molar-refractivity contribution >= 4 is 11.7 Å². The van der Waals surface area contributed by atoms with Crippen LogP contribution in [0.5, 0.6) is 0 Å². The predicted molar refractivity (Wildman–Crippen MR) is 79.0 cm³/mol. The van der Waals surface area contributed by atoms with Gasteiger partial charge in [0.15, 0.2) is 0 Å². The summed E-state index contributed by atoms with van der Waals surface area (Å²) < 4.78 is 0. The average Bonchev–Trinajstić information content (AvgIpc) is 2.87. The summed E-state index contributed by atoms with van der Waals surface area (Å²) in [5, 5.41) is 18.3. The maximum atomic E-state index is 11.4. The number of rotatable bonds is 3. The van der Waals surface area contributed by atoms with Crippen LogP contribution in [0.15, 0.2) is 48.5 Å². The summed E-state index contributed by atoms with van der Waals surface area (Å²) in [5.74, 6) is -1.28. The van der Waals surface area contributed by atoms with E-state index in [1.165, 1.54) is 0 Å². The van der Waals surface area contributed by atoms with Crippen LogP contribution in [-0.2, 0) is 11.3 Å². The first kappa shape index (κ1) is 13.2. The first-order valence-electron chi connectivity index (χ1n) is 6.75. The van der Waals surface area contributed by atoms with Gasteiger partial charge in [-0.3, -0.25) is 4.79 Å². The van der Waals surface area contributed by atoms with Gasteiger partial charge in [-0.1, -0.05) is 30.3 Å². The second kappa shape index (κ2) is 5.29. The van der Waals surface area contributed by atoms with Gasteiger partial charge in [0.25, 0.3) is 0 Å². The molecule has 1 aliphatic heterocycles. The van der Waals surface area contributed by atoms with Gasteiger partial charge in [0, 0.05) is 18.8 Å². The summed E-state index contributed by atoms with van der Waals surface area (Å²) in [5.41, 5.74) is 3.46. The Morgan fingerprint density at radius 2 is 2.10 bits per heavy atom. The number of carboxylic acid groups (broad SMARTS) is 1. The highest BCUT2D eigenvalue weighted by Crippen LogP contribution is 2.37. The molecule has 0 bridgehead atoms. The van der Waals surface area contributed by atoms with Gasteiger partial charge in [-0.05, 0) is 29.3 Å². The van der Waals surface area contributed by atoms with Crippen LogP contribution < -0.4 is 4.90 Å². The fourth-order valence-electron chi connectivity index (χ4n) is 2.81. The van der Waals surface area contributed by atoms with Crippen molar-refractivity contribution in [3.8, 4) is 6.07 Å². The number of hydrogen-bond acceptors (Lipinski definition) is 3. The molecule has 104 valence electrons. The molecular formula is C17H14N2O2. The van der Waals surface area contributed by atoms with Gasteiger partial charge < -0.3 is 10.0 Å². The summed E-state index contributed by atoms with van der Waals surface area (Å²) in [6.45, 7) is 1.07. The predicted octanol–water partition coefficient (Wildman–Crippen LogP) is 2.75. The minimum Gasteiger partial charge on any atom is -0.481 e. The molecule has 0 saturated heterocycles. The molecule has 0 radical (unpaired) electrons.